The molecule has 3 atom stereocenters. The van der Waals surface area contributed by atoms with Crippen LogP contribution in [0.4, 0.5) is 0 Å². The van der Waals surface area contributed by atoms with Crippen LogP contribution in [0.15, 0.2) is 0 Å². The van der Waals surface area contributed by atoms with Gasteiger partial charge in [0.15, 0.2) is 0 Å². The Labute approximate surface area is 133 Å². The lowest BCUT2D eigenvalue weighted by atomic mass is 9.97. The summed E-state index contributed by atoms with van der Waals surface area (Å²) in [7, 11) is 0. The van der Waals surface area contributed by atoms with E-state index in [2.05, 4.69) is 35.8 Å². The fraction of sp³-hybridized carbons (Fsp3) is 0.941. The van der Waals surface area contributed by atoms with Gasteiger partial charge in [-0.3, -0.25) is 10.1 Å². The van der Waals surface area contributed by atoms with E-state index in [1.54, 1.807) is 0 Å². The van der Waals surface area contributed by atoms with Gasteiger partial charge in [0, 0.05) is 11.3 Å². The van der Waals surface area contributed by atoms with Gasteiger partial charge in [-0.2, -0.15) is 11.8 Å². The van der Waals surface area contributed by atoms with Crippen molar-refractivity contribution in [3.8, 4) is 0 Å². The molecule has 1 heterocycles. The van der Waals surface area contributed by atoms with Crippen molar-refractivity contribution in [3.63, 3.8) is 0 Å². The van der Waals surface area contributed by atoms with Crippen molar-refractivity contribution in [1.29, 1.82) is 0 Å². The van der Waals surface area contributed by atoms with E-state index >= 15 is 0 Å². The first-order chi connectivity index (χ1) is 10.2. The van der Waals surface area contributed by atoms with Crippen LogP contribution in [0.25, 0.3) is 0 Å². The molecular weight excluding hydrogens is 280 g/mol. The predicted molar refractivity (Wildman–Crippen MR) is 89.4 cm³/mol. The van der Waals surface area contributed by atoms with Crippen molar-refractivity contribution in [2.75, 3.05) is 5.75 Å². The van der Waals surface area contributed by atoms with E-state index in [9.17, 15) is 4.79 Å². The summed E-state index contributed by atoms with van der Waals surface area (Å²) in [6, 6.07) is 0.478. The minimum atomic E-state index is -0.191. The molecule has 3 unspecified atom stereocenters. The Balaban J connectivity index is 1.81. The van der Waals surface area contributed by atoms with Gasteiger partial charge in [-0.05, 0) is 37.9 Å². The molecule has 1 N–H and O–H groups in total. The van der Waals surface area contributed by atoms with Crippen LogP contribution < -0.4 is 5.32 Å². The normalized spacial score (nSPS) is 35.2. The zero-order valence-electron chi connectivity index (χ0n) is 13.6. The van der Waals surface area contributed by atoms with E-state index in [1.807, 2.05) is 0 Å². The molecule has 1 spiro atoms. The molecular formula is C17H30N2OS. The fourth-order valence-corrected chi connectivity index (χ4v) is 5.93. The van der Waals surface area contributed by atoms with Crippen LogP contribution in [0, 0.1) is 0 Å². The molecule has 1 saturated heterocycles. The summed E-state index contributed by atoms with van der Waals surface area (Å²) in [5.74, 6) is 1.60. The van der Waals surface area contributed by atoms with Gasteiger partial charge >= 0.3 is 0 Å². The van der Waals surface area contributed by atoms with Gasteiger partial charge in [-0.15, -0.1) is 0 Å². The Hall–Kier alpha value is -0.220. The Bertz CT molecular complexity index is 381. The quantitative estimate of drug-likeness (QED) is 0.843. The SMILES string of the molecule is CCCC1NC2(CCCC2)C(=O)N1C1CCCC1SCC. The van der Waals surface area contributed by atoms with Crippen LogP contribution in [0.3, 0.4) is 0 Å². The number of rotatable bonds is 5. The minimum Gasteiger partial charge on any atom is -0.321 e. The second-order valence-corrected chi connectivity index (χ2v) is 8.46. The summed E-state index contributed by atoms with van der Waals surface area (Å²) in [4.78, 5) is 15.5. The van der Waals surface area contributed by atoms with E-state index in [-0.39, 0.29) is 5.54 Å². The summed E-state index contributed by atoms with van der Waals surface area (Å²) in [5.41, 5.74) is -0.191. The summed E-state index contributed by atoms with van der Waals surface area (Å²) in [6.07, 6.45) is 10.9. The maximum absolute atomic E-state index is 13.2. The van der Waals surface area contributed by atoms with Crippen LogP contribution >= 0.6 is 11.8 Å². The van der Waals surface area contributed by atoms with E-state index in [0.29, 0.717) is 23.4 Å². The molecule has 21 heavy (non-hydrogen) atoms. The highest BCUT2D eigenvalue weighted by Crippen LogP contribution is 2.42. The highest BCUT2D eigenvalue weighted by atomic mass is 32.2. The summed E-state index contributed by atoms with van der Waals surface area (Å²) >= 11 is 2.07. The third kappa shape index (κ3) is 2.74. The molecule has 2 saturated carbocycles. The molecule has 1 aliphatic heterocycles. The van der Waals surface area contributed by atoms with Crippen LogP contribution in [0.1, 0.15) is 71.6 Å². The Kier molecular flexibility index (Phi) is 4.84. The Morgan fingerprint density at radius 1 is 1.24 bits per heavy atom. The Morgan fingerprint density at radius 3 is 2.67 bits per heavy atom. The second kappa shape index (κ2) is 6.49. The standard InChI is InChI=1S/C17H30N2OS/c1-3-8-15-18-17(11-5-6-12-17)16(20)19(15)13-9-7-10-14(13)21-4-2/h13-15,18H,3-12H2,1-2H3. The van der Waals surface area contributed by atoms with Gasteiger partial charge in [-0.25, -0.2) is 0 Å². The van der Waals surface area contributed by atoms with Crippen LogP contribution in [-0.2, 0) is 4.79 Å². The number of thioether (sulfide) groups is 1. The first-order valence-electron chi connectivity index (χ1n) is 8.94. The van der Waals surface area contributed by atoms with Gasteiger partial charge in [0.05, 0.1) is 11.7 Å². The first-order valence-corrected chi connectivity index (χ1v) is 9.99. The smallest absolute Gasteiger partial charge is 0.244 e. The fourth-order valence-electron chi connectivity index (χ4n) is 4.68. The molecule has 1 amide bonds. The lowest BCUT2D eigenvalue weighted by molar-refractivity contribution is -0.135. The van der Waals surface area contributed by atoms with Crippen LogP contribution in [0.5, 0.6) is 0 Å². The summed E-state index contributed by atoms with van der Waals surface area (Å²) in [6.45, 7) is 4.48. The lowest BCUT2D eigenvalue weighted by Gasteiger charge is -2.34. The van der Waals surface area contributed by atoms with Gasteiger partial charge < -0.3 is 4.90 Å². The second-order valence-electron chi connectivity index (χ2n) is 6.94. The highest BCUT2D eigenvalue weighted by molar-refractivity contribution is 7.99. The molecule has 2 aliphatic carbocycles. The van der Waals surface area contributed by atoms with Crippen molar-refractivity contribution in [2.24, 2.45) is 0 Å². The maximum atomic E-state index is 13.2. The number of nitrogens with zero attached hydrogens (tertiary/aromatic N) is 1. The third-order valence-electron chi connectivity index (χ3n) is 5.60. The number of amides is 1. The zero-order valence-corrected chi connectivity index (χ0v) is 14.4. The number of carbonyl (C=O) groups is 1. The molecule has 4 heteroatoms. The third-order valence-corrected chi connectivity index (χ3v) is 6.91. The molecule has 3 rings (SSSR count). The van der Waals surface area contributed by atoms with Crippen molar-refractivity contribution in [1.82, 2.24) is 10.2 Å². The molecule has 3 fully saturated rings. The number of hydrogen-bond acceptors (Lipinski definition) is 3. The van der Waals surface area contributed by atoms with Crippen molar-refractivity contribution in [2.45, 2.75) is 94.6 Å². The van der Waals surface area contributed by atoms with E-state index in [1.165, 1.54) is 37.9 Å². The average Bonchev–Trinajstić information content (AvgIpc) is 3.15. The number of carbonyl (C=O) groups excluding carboxylic acids is 1. The molecule has 0 aromatic heterocycles. The molecule has 3 nitrogen and oxygen atoms in total. The largest absolute Gasteiger partial charge is 0.321 e. The van der Waals surface area contributed by atoms with E-state index < -0.39 is 0 Å². The number of nitrogens with one attached hydrogen (secondary N) is 1. The van der Waals surface area contributed by atoms with Gasteiger partial charge in [0.25, 0.3) is 0 Å². The highest BCUT2D eigenvalue weighted by Gasteiger charge is 2.54. The molecule has 0 bridgehead atoms. The first kappa shape index (κ1) is 15.7. The summed E-state index contributed by atoms with van der Waals surface area (Å²) in [5, 5.41) is 4.44. The summed E-state index contributed by atoms with van der Waals surface area (Å²) < 4.78 is 0. The molecule has 0 radical (unpaired) electrons. The zero-order chi connectivity index (χ0) is 14.9. The number of hydrogen-bond donors (Lipinski definition) is 1. The van der Waals surface area contributed by atoms with Crippen molar-refractivity contribution >= 4 is 17.7 Å². The molecule has 120 valence electrons. The van der Waals surface area contributed by atoms with Crippen LogP contribution in [-0.4, -0.2) is 39.6 Å². The van der Waals surface area contributed by atoms with Crippen molar-refractivity contribution < 1.29 is 4.79 Å². The van der Waals surface area contributed by atoms with Crippen molar-refractivity contribution in [3.05, 3.63) is 0 Å². The monoisotopic (exact) mass is 310 g/mol. The lowest BCUT2D eigenvalue weighted by Crippen LogP contribution is -2.47. The Morgan fingerprint density at radius 2 is 2.00 bits per heavy atom. The van der Waals surface area contributed by atoms with E-state index in [4.69, 9.17) is 0 Å². The molecule has 0 aromatic carbocycles. The van der Waals surface area contributed by atoms with Gasteiger partial charge in [0.1, 0.15) is 0 Å². The van der Waals surface area contributed by atoms with Gasteiger partial charge in [-0.1, -0.05) is 39.5 Å². The molecule has 0 aromatic rings. The average molecular weight is 311 g/mol. The van der Waals surface area contributed by atoms with E-state index in [0.717, 1.165) is 25.7 Å². The predicted octanol–water partition coefficient (Wildman–Crippen LogP) is 3.53. The van der Waals surface area contributed by atoms with Crippen LogP contribution in [0.2, 0.25) is 0 Å². The maximum Gasteiger partial charge on any atom is 0.244 e. The topological polar surface area (TPSA) is 32.3 Å². The minimum absolute atomic E-state index is 0.191. The molecule has 3 aliphatic rings. The van der Waals surface area contributed by atoms with Gasteiger partial charge in [0.2, 0.25) is 5.91 Å².